The maximum atomic E-state index is 9.62. The monoisotopic (exact) mass is 219 g/mol. The fourth-order valence-corrected chi connectivity index (χ4v) is 1.51. The molecule has 3 nitrogen and oxygen atoms in total. The van der Waals surface area contributed by atoms with Gasteiger partial charge in [0.15, 0.2) is 0 Å². The third-order valence-electron chi connectivity index (χ3n) is 2.43. The van der Waals surface area contributed by atoms with E-state index in [2.05, 4.69) is 11.2 Å². The fourth-order valence-electron chi connectivity index (χ4n) is 1.51. The Labute approximate surface area is 96.1 Å². The summed E-state index contributed by atoms with van der Waals surface area (Å²) in [4.78, 5) is 0. The van der Waals surface area contributed by atoms with Crippen LogP contribution < -0.4 is 5.32 Å². The van der Waals surface area contributed by atoms with Crippen molar-refractivity contribution in [1.29, 1.82) is 0 Å². The van der Waals surface area contributed by atoms with Gasteiger partial charge in [-0.1, -0.05) is 0 Å². The second-order valence-corrected chi connectivity index (χ2v) is 3.73. The number of terminal acetylenes is 1. The Balaban J connectivity index is 2.55. The van der Waals surface area contributed by atoms with Crippen LogP contribution in [0.3, 0.4) is 0 Å². The van der Waals surface area contributed by atoms with Gasteiger partial charge in [-0.25, -0.2) is 0 Å². The van der Waals surface area contributed by atoms with Gasteiger partial charge >= 0.3 is 0 Å². The van der Waals surface area contributed by atoms with E-state index in [1.807, 2.05) is 6.92 Å². The molecule has 0 fully saturated rings. The Hall–Kier alpha value is -1.66. The molecule has 1 unspecified atom stereocenters. The van der Waals surface area contributed by atoms with Crippen LogP contribution in [0.15, 0.2) is 18.2 Å². The van der Waals surface area contributed by atoms with Crippen LogP contribution in [-0.2, 0) is 0 Å². The summed E-state index contributed by atoms with van der Waals surface area (Å²) < 4.78 is 0. The summed E-state index contributed by atoms with van der Waals surface area (Å²) in [6.45, 7) is 2.73. The first-order chi connectivity index (χ1) is 7.65. The van der Waals surface area contributed by atoms with Crippen molar-refractivity contribution in [3.8, 4) is 23.8 Å². The van der Waals surface area contributed by atoms with E-state index in [1.54, 1.807) is 6.07 Å². The number of hydrogen-bond donors (Lipinski definition) is 3. The fraction of sp³-hybridized carbons (Fsp3) is 0.385. The SMILES string of the molecule is C#CCCCNC(C)c1cc(O)ccc1O. The third kappa shape index (κ3) is 3.48. The molecule has 1 aromatic carbocycles. The minimum atomic E-state index is -0.00938. The van der Waals surface area contributed by atoms with E-state index in [0.717, 1.165) is 19.4 Å². The Bertz CT molecular complexity index is 382. The molecule has 0 aliphatic rings. The maximum absolute atomic E-state index is 9.62. The summed E-state index contributed by atoms with van der Waals surface area (Å²) in [6.07, 6.45) is 6.79. The van der Waals surface area contributed by atoms with Crippen LogP contribution in [-0.4, -0.2) is 16.8 Å². The van der Waals surface area contributed by atoms with Gasteiger partial charge in [0.05, 0.1) is 0 Å². The van der Waals surface area contributed by atoms with E-state index in [-0.39, 0.29) is 17.5 Å². The first kappa shape index (κ1) is 12.4. The zero-order valence-corrected chi connectivity index (χ0v) is 9.40. The van der Waals surface area contributed by atoms with Gasteiger partial charge in [0, 0.05) is 18.0 Å². The zero-order valence-electron chi connectivity index (χ0n) is 9.40. The van der Waals surface area contributed by atoms with E-state index >= 15 is 0 Å². The molecule has 3 heteroatoms. The van der Waals surface area contributed by atoms with Gasteiger partial charge in [0.25, 0.3) is 0 Å². The summed E-state index contributed by atoms with van der Waals surface area (Å²) in [6, 6.07) is 4.51. The van der Waals surface area contributed by atoms with Crippen molar-refractivity contribution in [3.05, 3.63) is 23.8 Å². The molecule has 0 heterocycles. The summed E-state index contributed by atoms with van der Waals surface area (Å²) in [7, 11) is 0. The number of phenols is 2. The van der Waals surface area contributed by atoms with E-state index in [9.17, 15) is 10.2 Å². The molecular weight excluding hydrogens is 202 g/mol. The van der Waals surface area contributed by atoms with Crippen molar-refractivity contribution in [3.63, 3.8) is 0 Å². The second kappa shape index (κ2) is 6.04. The van der Waals surface area contributed by atoms with Crippen molar-refractivity contribution in [2.75, 3.05) is 6.54 Å². The molecule has 0 radical (unpaired) electrons. The lowest BCUT2D eigenvalue weighted by atomic mass is 10.1. The topological polar surface area (TPSA) is 52.5 Å². The van der Waals surface area contributed by atoms with Gasteiger partial charge in [-0.2, -0.15) is 0 Å². The zero-order chi connectivity index (χ0) is 12.0. The van der Waals surface area contributed by atoms with E-state index < -0.39 is 0 Å². The molecule has 1 atom stereocenters. The average Bonchev–Trinajstić information content (AvgIpc) is 2.27. The van der Waals surface area contributed by atoms with Crippen LogP contribution in [0.1, 0.15) is 31.4 Å². The highest BCUT2D eigenvalue weighted by Crippen LogP contribution is 2.27. The summed E-state index contributed by atoms with van der Waals surface area (Å²) in [5, 5.41) is 22.2. The van der Waals surface area contributed by atoms with Crippen LogP contribution in [0, 0.1) is 12.3 Å². The van der Waals surface area contributed by atoms with Gasteiger partial charge in [0.1, 0.15) is 11.5 Å². The summed E-state index contributed by atoms with van der Waals surface area (Å²) in [5.41, 5.74) is 0.695. The van der Waals surface area contributed by atoms with Crippen LogP contribution in [0.2, 0.25) is 0 Å². The lowest BCUT2D eigenvalue weighted by Crippen LogP contribution is -2.19. The van der Waals surface area contributed by atoms with Crippen molar-refractivity contribution in [2.45, 2.75) is 25.8 Å². The highest BCUT2D eigenvalue weighted by molar-refractivity contribution is 5.40. The van der Waals surface area contributed by atoms with Gasteiger partial charge in [-0.15, -0.1) is 12.3 Å². The number of benzene rings is 1. The van der Waals surface area contributed by atoms with Crippen LogP contribution in [0.5, 0.6) is 11.5 Å². The van der Waals surface area contributed by atoms with Gasteiger partial charge in [-0.3, -0.25) is 0 Å². The standard InChI is InChI=1S/C13H17NO2/c1-3-4-5-8-14-10(2)12-9-11(15)6-7-13(12)16/h1,6-7,9-10,14-16H,4-5,8H2,2H3. The molecular formula is C13H17NO2. The number of hydrogen-bond acceptors (Lipinski definition) is 3. The molecule has 0 saturated heterocycles. The molecule has 0 spiro atoms. The van der Waals surface area contributed by atoms with Crippen molar-refractivity contribution in [1.82, 2.24) is 5.32 Å². The second-order valence-electron chi connectivity index (χ2n) is 3.73. The van der Waals surface area contributed by atoms with Gasteiger partial charge < -0.3 is 15.5 Å². The summed E-state index contributed by atoms with van der Waals surface area (Å²) in [5.74, 6) is 2.92. The normalized spacial score (nSPS) is 12.0. The van der Waals surface area contributed by atoms with Crippen LogP contribution >= 0.6 is 0 Å². The molecule has 3 N–H and O–H groups in total. The van der Waals surface area contributed by atoms with Crippen LogP contribution in [0.4, 0.5) is 0 Å². The molecule has 0 amide bonds. The number of phenolic OH excluding ortho intramolecular Hbond substituents is 2. The molecule has 0 bridgehead atoms. The minimum absolute atomic E-state index is 0.00938. The lowest BCUT2D eigenvalue weighted by molar-refractivity contribution is 0.440. The van der Waals surface area contributed by atoms with E-state index in [0.29, 0.717) is 5.56 Å². The van der Waals surface area contributed by atoms with E-state index in [1.165, 1.54) is 12.1 Å². The number of nitrogens with one attached hydrogen (secondary N) is 1. The Kier molecular flexibility index (Phi) is 4.68. The average molecular weight is 219 g/mol. The van der Waals surface area contributed by atoms with Gasteiger partial charge in [0.2, 0.25) is 0 Å². The molecule has 16 heavy (non-hydrogen) atoms. The molecule has 1 rings (SSSR count). The highest BCUT2D eigenvalue weighted by atomic mass is 16.3. The van der Waals surface area contributed by atoms with Crippen molar-refractivity contribution >= 4 is 0 Å². The minimum Gasteiger partial charge on any atom is -0.508 e. The molecule has 0 aromatic heterocycles. The molecule has 0 aliphatic heterocycles. The Morgan fingerprint density at radius 2 is 2.19 bits per heavy atom. The van der Waals surface area contributed by atoms with Crippen molar-refractivity contribution < 1.29 is 10.2 Å². The predicted molar refractivity (Wildman–Crippen MR) is 64.3 cm³/mol. The Morgan fingerprint density at radius 3 is 2.88 bits per heavy atom. The highest BCUT2D eigenvalue weighted by Gasteiger charge is 2.10. The number of rotatable bonds is 5. The smallest absolute Gasteiger partial charge is 0.120 e. The summed E-state index contributed by atoms with van der Waals surface area (Å²) >= 11 is 0. The lowest BCUT2D eigenvalue weighted by Gasteiger charge is -2.15. The third-order valence-corrected chi connectivity index (χ3v) is 2.43. The predicted octanol–water partition coefficient (Wildman–Crippen LogP) is 2.16. The largest absolute Gasteiger partial charge is 0.508 e. The quantitative estimate of drug-likeness (QED) is 0.404. The van der Waals surface area contributed by atoms with Crippen molar-refractivity contribution in [2.24, 2.45) is 0 Å². The van der Waals surface area contributed by atoms with E-state index in [4.69, 9.17) is 6.42 Å². The molecule has 1 aromatic rings. The number of aromatic hydroxyl groups is 2. The maximum Gasteiger partial charge on any atom is 0.120 e. The number of unbranched alkanes of at least 4 members (excludes halogenated alkanes) is 1. The molecule has 0 aliphatic carbocycles. The Morgan fingerprint density at radius 1 is 1.44 bits per heavy atom. The molecule has 0 saturated carbocycles. The first-order valence-corrected chi connectivity index (χ1v) is 5.34. The first-order valence-electron chi connectivity index (χ1n) is 5.34. The molecule has 86 valence electrons. The van der Waals surface area contributed by atoms with Gasteiger partial charge in [-0.05, 0) is 38.1 Å². The van der Waals surface area contributed by atoms with Crippen LogP contribution in [0.25, 0.3) is 0 Å².